The Morgan fingerprint density at radius 3 is 2.53 bits per heavy atom. The maximum Gasteiger partial charge on any atom is 0.330 e. The van der Waals surface area contributed by atoms with Crippen molar-refractivity contribution in [1.29, 1.82) is 0 Å². The first-order valence-corrected chi connectivity index (χ1v) is 5.78. The highest BCUT2D eigenvalue weighted by Crippen LogP contribution is 2.46. The van der Waals surface area contributed by atoms with Crippen LogP contribution in [0.1, 0.15) is 12.8 Å². The summed E-state index contributed by atoms with van der Waals surface area (Å²) >= 11 is 0. The van der Waals surface area contributed by atoms with E-state index in [9.17, 15) is 4.79 Å². The van der Waals surface area contributed by atoms with Crippen LogP contribution in [-0.4, -0.2) is 37.6 Å². The fourth-order valence-electron chi connectivity index (χ4n) is 3.66. The van der Waals surface area contributed by atoms with E-state index in [1.54, 1.807) is 6.08 Å². The summed E-state index contributed by atoms with van der Waals surface area (Å²) in [4.78, 5) is 13.8. The predicted molar refractivity (Wildman–Crippen MR) is 56.2 cm³/mol. The van der Waals surface area contributed by atoms with E-state index in [-0.39, 0.29) is 5.97 Å². The van der Waals surface area contributed by atoms with E-state index in [1.165, 1.54) is 32.1 Å². The average Bonchev–Trinajstić information content (AvgIpc) is 2.22. The van der Waals surface area contributed by atoms with Gasteiger partial charge in [-0.2, -0.15) is 0 Å². The van der Waals surface area contributed by atoms with Crippen molar-refractivity contribution in [3.05, 3.63) is 11.6 Å². The highest BCUT2D eigenvalue weighted by atomic mass is 16.5. The largest absolute Gasteiger partial charge is 0.466 e. The van der Waals surface area contributed by atoms with Gasteiger partial charge in [0.05, 0.1) is 7.11 Å². The van der Waals surface area contributed by atoms with Gasteiger partial charge in [-0.3, -0.25) is 0 Å². The molecule has 4 aliphatic rings. The molecule has 0 radical (unpaired) electrons. The maximum atomic E-state index is 11.3. The number of rotatable bonds is 1. The Kier molecular flexibility index (Phi) is 2.09. The van der Waals surface area contributed by atoms with Gasteiger partial charge >= 0.3 is 5.97 Å². The zero-order valence-electron chi connectivity index (χ0n) is 9.11. The summed E-state index contributed by atoms with van der Waals surface area (Å²) in [6, 6.07) is 0. The summed E-state index contributed by atoms with van der Waals surface area (Å²) in [6.45, 7) is 3.62. The van der Waals surface area contributed by atoms with E-state index in [2.05, 4.69) is 4.90 Å². The monoisotopic (exact) mass is 207 g/mol. The molecule has 0 amide bonds. The third-order valence-corrected chi connectivity index (χ3v) is 4.14. The van der Waals surface area contributed by atoms with Gasteiger partial charge in [0.1, 0.15) is 0 Å². The predicted octanol–water partition coefficient (Wildman–Crippen LogP) is 1.06. The molecule has 82 valence electrons. The quantitative estimate of drug-likeness (QED) is 0.475. The van der Waals surface area contributed by atoms with Crippen LogP contribution in [-0.2, 0) is 9.53 Å². The van der Waals surface area contributed by atoms with Crippen LogP contribution in [0, 0.1) is 17.8 Å². The Balaban J connectivity index is 1.86. The molecule has 3 saturated heterocycles. The first kappa shape index (κ1) is 9.40. The van der Waals surface area contributed by atoms with Crippen LogP contribution in [0.5, 0.6) is 0 Å². The van der Waals surface area contributed by atoms with Gasteiger partial charge in [-0.05, 0) is 30.6 Å². The second-order valence-electron chi connectivity index (χ2n) is 5.12. The molecule has 0 spiro atoms. The van der Waals surface area contributed by atoms with Crippen molar-refractivity contribution >= 4 is 5.97 Å². The van der Waals surface area contributed by atoms with Crippen LogP contribution in [0.4, 0.5) is 0 Å². The van der Waals surface area contributed by atoms with E-state index in [0.717, 1.165) is 19.0 Å². The van der Waals surface area contributed by atoms with Gasteiger partial charge < -0.3 is 9.64 Å². The minimum absolute atomic E-state index is 0.174. The molecule has 2 atom stereocenters. The fourth-order valence-corrected chi connectivity index (χ4v) is 3.66. The van der Waals surface area contributed by atoms with Crippen LogP contribution in [0.3, 0.4) is 0 Å². The normalized spacial score (nSPS) is 41.8. The SMILES string of the molecule is COC(=O)C=C1C2CC3CC1CN(C3)C2. The lowest BCUT2D eigenvalue weighted by Gasteiger charge is -2.53. The molecule has 3 heterocycles. The molecule has 0 aromatic carbocycles. The van der Waals surface area contributed by atoms with Gasteiger partial charge in [-0.25, -0.2) is 4.79 Å². The number of piperidine rings is 3. The van der Waals surface area contributed by atoms with E-state index in [0.29, 0.717) is 11.8 Å². The number of ether oxygens (including phenoxy) is 1. The number of esters is 1. The Bertz CT molecular complexity index is 292. The molecule has 1 aliphatic carbocycles. The molecule has 0 N–H and O–H groups in total. The van der Waals surface area contributed by atoms with E-state index in [1.807, 2.05) is 0 Å². The van der Waals surface area contributed by atoms with Gasteiger partial charge in [-0.15, -0.1) is 0 Å². The van der Waals surface area contributed by atoms with E-state index >= 15 is 0 Å². The molecular weight excluding hydrogens is 190 g/mol. The number of methoxy groups -OCH3 is 1. The molecule has 4 bridgehead atoms. The van der Waals surface area contributed by atoms with Gasteiger partial charge in [0, 0.05) is 25.7 Å². The smallest absolute Gasteiger partial charge is 0.330 e. The molecule has 2 unspecified atom stereocenters. The van der Waals surface area contributed by atoms with Gasteiger partial charge in [-0.1, -0.05) is 5.57 Å². The average molecular weight is 207 g/mol. The molecule has 0 aromatic heterocycles. The Morgan fingerprint density at radius 2 is 2.00 bits per heavy atom. The zero-order valence-corrected chi connectivity index (χ0v) is 9.11. The third-order valence-electron chi connectivity index (χ3n) is 4.14. The molecule has 1 saturated carbocycles. The first-order chi connectivity index (χ1) is 7.26. The van der Waals surface area contributed by atoms with Gasteiger partial charge in [0.15, 0.2) is 0 Å². The molecule has 3 heteroatoms. The van der Waals surface area contributed by atoms with Crippen molar-refractivity contribution in [1.82, 2.24) is 4.90 Å². The summed E-state index contributed by atoms with van der Waals surface area (Å²) < 4.78 is 4.73. The van der Waals surface area contributed by atoms with Crippen LogP contribution in [0.25, 0.3) is 0 Å². The second kappa shape index (κ2) is 3.34. The first-order valence-electron chi connectivity index (χ1n) is 5.78. The third kappa shape index (κ3) is 1.49. The molecular formula is C12H17NO2. The van der Waals surface area contributed by atoms with E-state index < -0.39 is 0 Å². The topological polar surface area (TPSA) is 29.5 Å². The summed E-state index contributed by atoms with van der Waals surface area (Å²) in [5.41, 5.74) is 1.37. The van der Waals surface area contributed by atoms with Crippen molar-refractivity contribution in [3.63, 3.8) is 0 Å². The number of hydrogen-bond donors (Lipinski definition) is 0. The lowest BCUT2D eigenvalue weighted by Crippen LogP contribution is -2.54. The Morgan fingerprint density at radius 1 is 1.33 bits per heavy atom. The van der Waals surface area contributed by atoms with Gasteiger partial charge in [0.25, 0.3) is 0 Å². The van der Waals surface area contributed by atoms with Crippen LogP contribution in [0.2, 0.25) is 0 Å². The van der Waals surface area contributed by atoms with Crippen LogP contribution < -0.4 is 0 Å². The summed E-state index contributed by atoms with van der Waals surface area (Å²) in [7, 11) is 1.46. The standard InChI is InChI=1S/C12H17NO2/c1-15-12(14)4-11-9-2-8-3-10(11)7-13(5-8)6-9/h4,8-10H,2-3,5-7H2,1H3. The van der Waals surface area contributed by atoms with Crippen LogP contribution in [0.15, 0.2) is 11.6 Å². The minimum atomic E-state index is -0.174. The van der Waals surface area contributed by atoms with Crippen molar-refractivity contribution in [2.75, 3.05) is 26.7 Å². The summed E-state index contributed by atoms with van der Waals surface area (Å²) in [5, 5.41) is 0. The van der Waals surface area contributed by atoms with Crippen LogP contribution >= 0.6 is 0 Å². The zero-order chi connectivity index (χ0) is 10.4. The fraction of sp³-hybridized carbons (Fsp3) is 0.750. The number of hydrogen-bond acceptors (Lipinski definition) is 3. The molecule has 4 fully saturated rings. The lowest BCUT2D eigenvalue weighted by molar-refractivity contribution is -0.135. The highest BCUT2D eigenvalue weighted by Gasteiger charge is 2.44. The minimum Gasteiger partial charge on any atom is -0.466 e. The maximum absolute atomic E-state index is 11.3. The van der Waals surface area contributed by atoms with Crippen molar-refractivity contribution < 1.29 is 9.53 Å². The number of nitrogens with zero attached hydrogens (tertiary/aromatic N) is 1. The number of carbonyl (C=O) groups is 1. The Hall–Kier alpha value is -0.830. The van der Waals surface area contributed by atoms with Crippen molar-refractivity contribution in [2.24, 2.45) is 17.8 Å². The molecule has 4 rings (SSSR count). The molecule has 3 aliphatic heterocycles. The van der Waals surface area contributed by atoms with E-state index in [4.69, 9.17) is 4.74 Å². The van der Waals surface area contributed by atoms with Crippen molar-refractivity contribution in [2.45, 2.75) is 12.8 Å². The number of carbonyl (C=O) groups excluding carboxylic acids is 1. The summed E-state index contributed by atoms with van der Waals surface area (Å²) in [6.07, 6.45) is 4.33. The highest BCUT2D eigenvalue weighted by molar-refractivity contribution is 5.83. The lowest BCUT2D eigenvalue weighted by atomic mass is 9.65. The Labute approximate surface area is 90.1 Å². The van der Waals surface area contributed by atoms with Crippen molar-refractivity contribution in [3.8, 4) is 0 Å². The second-order valence-corrected chi connectivity index (χ2v) is 5.12. The molecule has 0 aromatic rings. The summed E-state index contributed by atoms with van der Waals surface area (Å²) in [5.74, 6) is 1.98. The molecule has 3 nitrogen and oxygen atoms in total. The molecule has 15 heavy (non-hydrogen) atoms. The van der Waals surface area contributed by atoms with Gasteiger partial charge in [0.2, 0.25) is 0 Å².